The van der Waals surface area contributed by atoms with Gasteiger partial charge in [-0.1, -0.05) is 0 Å². The Balaban J connectivity index is 1.34. The van der Waals surface area contributed by atoms with Crippen molar-refractivity contribution in [3.05, 3.63) is 46.8 Å². The molecule has 3 aliphatic rings. The number of likely N-dealkylation sites (tertiary alicyclic amines) is 1. The molecular weight excluding hydrogens is 390 g/mol. The van der Waals surface area contributed by atoms with E-state index >= 15 is 0 Å². The predicted molar refractivity (Wildman–Crippen MR) is 105 cm³/mol. The first-order chi connectivity index (χ1) is 14.5. The molecule has 2 heterocycles. The molecule has 1 saturated carbocycles. The van der Waals surface area contributed by atoms with Crippen LogP contribution in [-0.4, -0.2) is 45.6 Å². The van der Waals surface area contributed by atoms with Crippen molar-refractivity contribution < 1.29 is 18.4 Å². The summed E-state index contributed by atoms with van der Waals surface area (Å²) in [6, 6.07) is 4.01. The standard InChI is InChI=1S/C22H24F2N4O2/c23-17-7-6-15(12-18(17)24)28-19-3-1-2-16(19)20(26-28)22(30)27-10-8-13(9-11-27)21(29)25-14-4-5-14/h6-7,12-14H,1-5,8-11H2,(H,25,29). The van der Waals surface area contributed by atoms with Crippen LogP contribution >= 0.6 is 0 Å². The molecule has 0 radical (unpaired) electrons. The molecule has 0 atom stereocenters. The molecule has 30 heavy (non-hydrogen) atoms. The highest BCUT2D eigenvalue weighted by Gasteiger charge is 2.34. The van der Waals surface area contributed by atoms with Gasteiger partial charge >= 0.3 is 0 Å². The Labute approximate surface area is 173 Å². The Morgan fingerprint density at radius 1 is 1.03 bits per heavy atom. The fraction of sp³-hybridized carbons (Fsp3) is 0.500. The number of piperidine rings is 1. The summed E-state index contributed by atoms with van der Waals surface area (Å²) in [5.74, 6) is -1.93. The molecule has 1 aromatic heterocycles. The van der Waals surface area contributed by atoms with E-state index in [4.69, 9.17) is 0 Å². The maximum absolute atomic E-state index is 13.7. The number of carbonyl (C=O) groups is 2. The number of nitrogens with one attached hydrogen (secondary N) is 1. The molecule has 2 fully saturated rings. The molecule has 6 nitrogen and oxygen atoms in total. The molecule has 1 aliphatic heterocycles. The van der Waals surface area contributed by atoms with Crippen molar-refractivity contribution in [2.45, 2.75) is 51.0 Å². The molecule has 2 amide bonds. The number of carbonyl (C=O) groups excluding carboxylic acids is 2. The largest absolute Gasteiger partial charge is 0.353 e. The molecule has 5 rings (SSSR count). The SMILES string of the molecule is O=C(NC1CC1)C1CCN(C(=O)c2nn(-c3ccc(F)c(F)c3)c3c2CCC3)CC1. The average Bonchev–Trinajstić information content (AvgIpc) is 3.30. The van der Waals surface area contributed by atoms with Crippen molar-refractivity contribution in [3.63, 3.8) is 0 Å². The van der Waals surface area contributed by atoms with Gasteiger partial charge in [-0.25, -0.2) is 13.5 Å². The Hall–Kier alpha value is -2.77. The van der Waals surface area contributed by atoms with Crippen LogP contribution in [0, 0.1) is 17.6 Å². The van der Waals surface area contributed by atoms with Crippen molar-refractivity contribution in [2.75, 3.05) is 13.1 Å². The lowest BCUT2D eigenvalue weighted by molar-refractivity contribution is -0.126. The number of fused-ring (bicyclic) bond motifs is 1. The van der Waals surface area contributed by atoms with Gasteiger partial charge in [0.15, 0.2) is 17.3 Å². The molecule has 0 unspecified atom stereocenters. The van der Waals surface area contributed by atoms with Gasteiger partial charge in [0.05, 0.1) is 5.69 Å². The van der Waals surface area contributed by atoms with Crippen LogP contribution in [-0.2, 0) is 17.6 Å². The minimum absolute atomic E-state index is 0.0416. The van der Waals surface area contributed by atoms with E-state index in [0.717, 1.165) is 55.5 Å². The van der Waals surface area contributed by atoms with Gasteiger partial charge in [0.1, 0.15) is 0 Å². The number of hydrogen-bond acceptors (Lipinski definition) is 3. The van der Waals surface area contributed by atoms with Crippen LogP contribution in [0.1, 0.15) is 53.8 Å². The van der Waals surface area contributed by atoms with Gasteiger partial charge in [-0.2, -0.15) is 5.10 Å². The summed E-state index contributed by atoms with van der Waals surface area (Å²) >= 11 is 0. The fourth-order valence-corrected chi connectivity index (χ4v) is 4.48. The summed E-state index contributed by atoms with van der Waals surface area (Å²) in [6.45, 7) is 1.04. The number of nitrogens with zero attached hydrogens (tertiary/aromatic N) is 3. The van der Waals surface area contributed by atoms with Gasteiger partial charge in [0.2, 0.25) is 5.91 Å². The molecule has 2 aliphatic carbocycles. The number of amides is 2. The minimum atomic E-state index is -0.936. The van der Waals surface area contributed by atoms with Gasteiger partial charge in [-0.15, -0.1) is 0 Å². The second kappa shape index (κ2) is 7.49. The second-order valence-electron chi connectivity index (χ2n) is 8.49. The normalized spacial score (nSPS) is 19.1. The molecular formula is C22H24F2N4O2. The first-order valence-electron chi connectivity index (χ1n) is 10.7. The molecule has 158 valence electrons. The number of benzene rings is 1. The van der Waals surface area contributed by atoms with Gasteiger partial charge in [0, 0.05) is 42.4 Å². The molecule has 8 heteroatoms. The quantitative estimate of drug-likeness (QED) is 0.837. The first kappa shape index (κ1) is 19.2. The average molecular weight is 414 g/mol. The highest BCUT2D eigenvalue weighted by Crippen LogP contribution is 2.30. The summed E-state index contributed by atoms with van der Waals surface area (Å²) in [7, 11) is 0. The Morgan fingerprint density at radius 3 is 2.50 bits per heavy atom. The Morgan fingerprint density at radius 2 is 1.80 bits per heavy atom. The van der Waals surface area contributed by atoms with E-state index in [1.54, 1.807) is 9.58 Å². The maximum Gasteiger partial charge on any atom is 0.274 e. The predicted octanol–water partition coefficient (Wildman–Crippen LogP) is 2.77. The minimum Gasteiger partial charge on any atom is -0.353 e. The molecule has 1 saturated heterocycles. The number of halogens is 2. The highest BCUT2D eigenvalue weighted by atomic mass is 19.2. The van der Waals surface area contributed by atoms with Crippen molar-refractivity contribution in [3.8, 4) is 5.69 Å². The zero-order valence-corrected chi connectivity index (χ0v) is 16.7. The van der Waals surface area contributed by atoms with E-state index in [2.05, 4.69) is 10.4 Å². The zero-order chi connectivity index (χ0) is 20.8. The van der Waals surface area contributed by atoms with Crippen LogP contribution in [0.5, 0.6) is 0 Å². The summed E-state index contributed by atoms with van der Waals surface area (Å²) in [5, 5.41) is 7.55. The zero-order valence-electron chi connectivity index (χ0n) is 16.7. The van der Waals surface area contributed by atoms with E-state index in [1.165, 1.54) is 6.07 Å². The Bertz CT molecular complexity index is 1010. The third kappa shape index (κ3) is 3.48. The summed E-state index contributed by atoms with van der Waals surface area (Å²) in [4.78, 5) is 27.2. The van der Waals surface area contributed by atoms with Crippen molar-refractivity contribution in [2.24, 2.45) is 5.92 Å². The summed E-state index contributed by atoms with van der Waals surface area (Å²) in [5.41, 5.74) is 2.61. The van der Waals surface area contributed by atoms with Crippen LogP contribution in [0.25, 0.3) is 5.69 Å². The van der Waals surface area contributed by atoms with E-state index in [0.29, 0.717) is 43.4 Å². The van der Waals surface area contributed by atoms with Crippen LogP contribution in [0.15, 0.2) is 18.2 Å². The van der Waals surface area contributed by atoms with Crippen molar-refractivity contribution in [1.29, 1.82) is 0 Å². The van der Waals surface area contributed by atoms with E-state index in [9.17, 15) is 18.4 Å². The maximum atomic E-state index is 13.7. The number of rotatable bonds is 4. The second-order valence-corrected chi connectivity index (χ2v) is 8.49. The molecule has 0 bridgehead atoms. The molecule has 2 aromatic rings. The van der Waals surface area contributed by atoms with E-state index in [1.807, 2.05) is 0 Å². The Kier molecular flexibility index (Phi) is 4.79. The smallest absolute Gasteiger partial charge is 0.274 e. The third-order valence-corrected chi connectivity index (χ3v) is 6.36. The summed E-state index contributed by atoms with van der Waals surface area (Å²) in [6.07, 6.45) is 5.83. The lowest BCUT2D eigenvalue weighted by Crippen LogP contribution is -2.43. The topological polar surface area (TPSA) is 67.2 Å². The molecule has 1 N–H and O–H groups in total. The third-order valence-electron chi connectivity index (χ3n) is 6.36. The van der Waals surface area contributed by atoms with E-state index < -0.39 is 11.6 Å². The monoisotopic (exact) mass is 414 g/mol. The van der Waals surface area contributed by atoms with Crippen LogP contribution in [0.2, 0.25) is 0 Å². The first-order valence-corrected chi connectivity index (χ1v) is 10.7. The molecule has 0 spiro atoms. The van der Waals surface area contributed by atoms with Crippen molar-refractivity contribution in [1.82, 2.24) is 20.0 Å². The van der Waals surface area contributed by atoms with Crippen LogP contribution in [0.4, 0.5) is 8.78 Å². The van der Waals surface area contributed by atoms with Gasteiger partial charge in [0.25, 0.3) is 5.91 Å². The molecule has 1 aromatic carbocycles. The van der Waals surface area contributed by atoms with Gasteiger partial charge in [-0.05, 0) is 57.1 Å². The van der Waals surface area contributed by atoms with Crippen LogP contribution in [0.3, 0.4) is 0 Å². The summed E-state index contributed by atoms with van der Waals surface area (Å²) < 4.78 is 28.6. The van der Waals surface area contributed by atoms with Crippen molar-refractivity contribution >= 4 is 11.8 Å². The van der Waals surface area contributed by atoms with Crippen LogP contribution < -0.4 is 5.32 Å². The lowest BCUT2D eigenvalue weighted by Gasteiger charge is -2.31. The van der Waals surface area contributed by atoms with E-state index in [-0.39, 0.29) is 17.7 Å². The number of hydrogen-bond donors (Lipinski definition) is 1. The van der Waals surface area contributed by atoms with Gasteiger partial charge < -0.3 is 10.2 Å². The lowest BCUT2D eigenvalue weighted by atomic mass is 9.95. The van der Waals surface area contributed by atoms with Gasteiger partial charge in [-0.3, -0.25) is 9.59 Å². The number of aromatic nitrogens is 2. The highest BCUT2D eigenvalue weighted by molar-refractivity contribution is 5.94. The fourth-order valence-electron chi connectivity index (χ4n) is 4.48.